The minimum atomic E-state index is 0.405. The fourth-order valence-corrected chi connectivity index (χ4v) is 1.84. The predicted molar refractivity (Wildman–Crippen MR) is 52.0 cm³/mol. The quantitative estimate of drug-likeness (QED) is 0.741. The van der Waals surface area contributed by atoms with Crippen LogP contribution in [0.3, 0.4) is 0 Å². The second kappa shape index (κ2) is 4.06. The van der Waals surface area contributed by atoms with Crippen molar-refractivity contribution in [3.63, 3.8) is 0 Å². The molecule has 0 saturated carbocycles. The summed E-state index contributed by atoms with van der Waals surface area (Å²) in [5, 5.41) is 8.28. The van der Waals surface area contributed by atoms with Gasteiger partial charge in [0.2, 0.25) is 0 Å². The largest absolute Gasteiger partial charge is 0.381 e. The first-order chi connectivity index (χ1) is 6.83. The van der Waals surface area contributed by atoms with Crippen LogP contribution in [-0.4, -0.2) is 34.5 Å². The predicted octanol–water partition coefficient (Wildman–Crippen LogP) is 0.0491. The Morgan fingerprint density at radius 3 is 3.07 bits per heavy atom. The summed E-state index contributed by atoms with van der Waals surface area (Å²) in [5.74, 6) is 2.38. The van der Waals surface area contributed by atoms with Crippen LogP contribution in [0.25, 0.3) is 0 Å². The third kappa shape index (κ3) is 1.65. The summed E-state index contributed by atoms with van der Waals surface area (Å²) in [6.45, 7) is 4.98. The molecule has 1 saturated heterocycles. The van der Waals surface area contributed by atoms with Gasteiger partial charge in [0.05, 0.1) is 6.61 Å². The van der Waals surface area contributed by atoms with E-state index in [2.05, 4.69) is 14.8 Å². The van der Waals surface area contributed by atoms with Crippen LogP contribution in [0.5, 0.6) is 0 Å². The molecule has 0 radical (unpaired) electrons. The van der Waals surface area contributed by atoms with E-state index in [4.69, 9.17) is 10.5 Å². The van der Waals surface area contributed by atoms with Crippen molar-refractivity contribution in [2.75, 3.05) is 19.8 Å². The van der Waals surface area contributed by atoms with E-state index in [1.54, 1.807) is 0 Å². The number of aromatic nitrogens is 3. The minimum absolute atomic E-state index is 0.405. The smallest absolute Gasteiger partial charge is 0.138 e. The summed E-state index contributed by atoms with van der Waals surface area (Å²) in [6.07, 6.45) is 1.04. The van der Waals surface area contributed by atoms with Crippen molar-refractivity contribution in [3.8, 4) is 0 Å². The molecule has 1 aliphatic heterocycles. The van der Waals surface area contributed by atoms with Gasteiger partial charge in [-0.15, -0.1) is 10.2 Å². The number of aryl methyl sites for hydroxylation is 1. The van der Waals surface area contributed by atoms with Crippen molar-refractivity contribution in [1.29, 1.82) is 0 Å². The number of rotatable bonds is 3. The summed E-state index contributed by atoms with van der Waals surface area (Å²) in [5.41, 5.74) is 5.55. The second-order valence-corrected chi connectivity index (χ2v) is 3.61. The summed E-state index contributed by atoms with van der Waals surface area (Å²) < 4.78 is 7.44. The Bertz CT molecular complexity index is 304. The van der Waals surface area contributed by atoms with Gasteiger partial charge in [0.25, 0.3) is 0 Å². The number of nitrogens with zero attached hydrogens (tertiary/aromatic N) is 3. The van der Waals surface area contributed by atoms with Gasteiger partial charge in [-0.3, -0.25) is 0 Å². The number of nitrogens with two attached hydrogens (primary N) is 1. The van der Waals surface area contributed by atoms with Crippen LogP contribution in [0.15, 0.2) is 0 Å². The van der Waals surface area contributed by atoms with Crippen molar-refractivity contribution >= 4 is 0 Å². The molecule has 0 aliphatic carbocycles. The van der Waals surface area contributed by atoms with Gasteiger partial charge < -0.3 is 15.0 Å². The molecule has 5 nitrogen and oxygen atoms in total. The SMILES string of the molecule is Cc1nnc(C2CCOC2)n1CCN. The lowest BCUT2D eigenvalue weighted by molar-refractivity contribution is 0.192. The lowest BCUT2D eigenvalue weighted by atomic mass is 10.1. The fraction of sp³-hybridized carbons (Fsp3) is 0.778. The zero-order chi connectivity index (χ0) is 9.97. The summed E-state index contributed by atoms with van der Waals surface area (Å²) >= 11 is 0. The van der Waals surface area contributed by atoms with E-state index in [0.717, 1.165) is 37.8 Å². The molecule has 0 spiro atoms. The van der Waals surface area contributed by atoms with Crippen LogP contribution in [0, 0.1) is 6.92 Å². The van der Waals surface area contributed by atoms with Crippen molar-refractivity contribution < 1.29 is 4.74 Å². The highest BCUT2D eigenvalue weighted by Gasteiger charge is 2.23. The average Bonchev–Trinajstić information content (AvgIpc) is 2.77. The molecule has 14 heavy (non-hydrogen) atoms. The Labute approximate surface area is 83.3 Å². The van der Waals surface area contributed by atoms with Crippen LogP contribution in [-0.2, 0) is 11.3 Å². The maximum atomic E-state index is 5.55. The first-order valence-corrected chi connectivity index (χ1v) is 5.00. The highest BCUT2D eigenvalue weighted by molar-refractivity contribution is 5.02. The molecule has 2 heterocycles. The molecule has 1 aliphatic rings. The van der Waals surface area contributed by atoms with Gasteiger partial charge in [-0.1, -0.05) is 0 Å². The lowest BCUT2D eigenvalue weighted by Gasteiger charge is -2.10. The van der Waals surface area contributed by atoms with Gasteiger partial charge >= 0.3 is 0 Å². The monoisotopic (exact) mass is 196 g/mol. The summed E-state index contributed by atoms with van der Waals surface area (Å²) in [4.78, 5) is 0. The molecule has 0 amide bonds. The van der Waals surface area contributed by atoms with Crippen LogP contribution >= 0.6 is 0 Å². The molecule has 1 aromatic rings. The fourth-order valence-electron chi connectivity index (χ4n) is 1.84. The normalized spacial score (nSPS) is 21.7. The summed E-state index contributed by atoms with van der Waals surface area (Å²) in [6, 6.07) is 0. The van der Waals surface area contributed by atoms with Gasteiger partial charge in [0.1, 0.15) is 11.6 Å². The minimum Gasteiger partial charge on any atom is -0.381 e. The van der Waals surface area contributed by atoms with E-state index in [-0.39, 0.29) is 0 Å². The Hall–Kier alpha value is -0.940. The van der Waals surface area contributed by atoms with E-state index in [1.807, 2.05) is 6.92 Å². The number of ether oxygens (including phenoxy) is 1. The molecule has 1 atom stereocenters. The lowest BCUT2D eigenvalue weighted by Crippen LogP contribution is -2.16. The van der Waals surface area contributed by atoms with E-state index in [1.165, 1.54) is 0 Å². The molecule has 1 unspecified atom stereocenters. The van der Waals surface area contributed by atoms with Crippen LogP contribution < -0.4 is 5.73 Å². The second-order valence-electron chi connectivity index (χ2n) is 3.61. The highest BCUT2D eigenvalue weighted by atomic mass is 16.5. The van der Waals surface area contributed by atoms with Gasteiger partial charge in [-0.25, -0.2) is 0 Å². The van der Waals surface area contributed by atoms with Gasteiger partial charge in [0.15, 0.2) is 0 Å². The standard InChI is InChI=1S/C9H16N4O/c1-7-11-12-9(13(7)4-3-10)8-2-5-14-6-8/h8H,2-6,10H2,1H3. The Kier molecular flexibility index (Phi) is 2.79. The maximum absolute atomic E-state index is 5.55. The highest BCUT2D eigenvalue weighted by Crippen LogP contribution is 2.23. The number of hydrogen-bond acceptors (Lipinski definition) is 4. The van der Waals surface area contributed by atoms with E-state index < -0.39 is 0 Å². The van der Waals surface area contributed by atoms with Crippen molar-refractivity contribution in [3.05, 3.63) is 11.6 Å². The molecule has 0 aromatic carbocycles. The first kappa shape index (κ1) is 9.61. The summed E-state index contributed by atoms with van der Waals surface area (Å²) in [7, 11) is 0. The maximum Gasteiger partial charge on any atom is 0.138 e. The van der Waals surface area contributed by atoms with Crippen molar-refractivity contribution in [2.45, 2.75) is 25.8 Å². The molecule has 1 aromatic heterocycles. The third-order valence-corrected chi connectivity index (χ3v) is 2.61. The van der Waals surface area contributed by atoms with E-state index in [9.17, 15) is 0 Å². The van der Waals surface area contributed by atoms with E-state index >= 15 is 0 Å². The van der Waals surface area contributed by atoms with Crippen LogP contribution in [0.1, 0.15) is 24.0 Å². The average molecular weight is 196 g/mol. The van der Waals surface area contributed by atoms with Crippen LogP contribution in [0.4, 0.5) is 0 Å². The molecular weight excluding hydrogens is 180 g/mol. The topological polar surface area (TPSA) is 66.0 Å². The van der Waals surface area contributed by atoms with Gasteiger partial charge in [0, 0.05) is 25.6 Å². The Morgan fingerprint density at radius 1 is 1.57 bits per heavy atom. The van der Waals surface area contributed by atoms with Gasteiger partial charge in [-0.2, -0.15) is 0 Å². The molecule has 2 rings (SSSR count). The molecule has 5 heteroatoms. The molecule has 2 N–H and O–H groups in total. The molecule has 1 fully saturated rings. The van der Waals surface area contributed by atoms with Crippen molar-refractivity contribution in [2.24, 2.45) is 5.73 Å². The van der Waals surface area contributed by atoms with E-state index in [0.29, 0.717) is 12.5 Å². The zero-order valence-electron chi connectivity index (χ0n) is 8.44. The third-order valence-electron chi connectivity index (χ3n) is 2.61. The van der Waals surface area contributed by atoms with Crippen LogP contribution in [0.2, 0.25) is 0 Å². The first-order valence-electron chi connectivity index (χ1n) is 5.00. The zero-order valence-corrected chi connectivity index (χ0v) is 8.44. The van der Waals surface area contributed by atoms with Gasteiger partial charge in [-0.05, 0) is 13.3 Å². The van der Waals surface area contributed by atoms with Crippen molar-refractivity contribution in [1.82, 2.24) is 14.8 Å². The molecule has 0 bridgehead atoms. The Morgan fingerprint density at radius 2 is 2.43 bits per heavy atom. The number of hydrogen-bond donors (Lipinski definition) is 1. The molecular formula is C9H16N4O. The molecule has 78 valence electrons. The Balaban J connectivity index is 2.22.